The molecule has 0 radical (unpaired) electrons. The Morgan fingerprint density at radius 3 is 2.67 bits per heavy atom. The summed E-state index contributed by atoms with van der Waals surface area (Å²) in [6, 6.07) is 7.55. The molecule has 0 fully saturated rings. The molecule has 3 rings (SSSR count). The van der Waals surface area contributed by atoms with Gasteiger partial charge >= 0.3 is 0 Å². The van der Waals surface area contributed by atoms with Crippen molar-refractivity contribution in [1.82, 2.24) is 14.4 Å². The number of rotatable bonds is 2. The van der Waals surface area contributed by atoms with E-state index in [9.17, 15) is 0 Å². The maximum Gasteiger partial charge on any atom is 0.156 e. The zero-order valence-electron chi connectivity index (χ0n) is 9.76. The van der Waals surface area contributed by atoms with Gasteiger partial charge in [0, 0.05) is 16.9 Å². The number of imidazole rings is 1. The molecular formula is C13H11ClN4. The number of nitrogens with one attached hydrogen (secondary N) is 1. The minimum atomic E-state index is 0.721. The van der Waals surface area contributed by atoms with E-state index in [1.165, 1.54) is 0 Å². The van der Waals surface area contributed by atoms with Crippen molar-refractivity contribution >= 4 is 28.8 Å². The molecule has 0 aliphatic carbocycles. The number of halogens is 1. The number of fused-ring (bicyclic) bond motifs is 1. The average Bonchev–Trinajstić information content (AvgIpc) is 2.75. The third-order valence-corrected chi connectivity index (χ3v) is 2.89. The third-order valence-electron chi connectivity index (χ3n) is 2.64. The highest BCUT2D eigenvalue weighted by atomic mass is 35.5. The van der Waals surface area contributed by atoms with Gasteiger partial charge in [0.15, 0.2) is 5.65 Å². The number of aromatic nitrogens is 3. The van der Waals surface area contributed by atoms with Crippen LogP contribution in [0, 0.1) is 6.92 Å². The SMILES string of the molecule is Cc1cn2c(Nc3ccc(Cl)cc3)cnc2cn1. The Balaban J connectivity index is 1.99. The van der Waals surface area contributed by atoms with E-state index in [0.717, 1.165) is 27.9 Å². The van der Waals surface area contributed by atoms with E-state index in [1.54, 1.807) is 12.4 Å². The van der Waals surface area contributed by atoms with Crippen molar-refractivity contribution in [2.45, 2.75) is 6.92 Å². The second-order valence-electron chi connectivity index (χ2n) is 4.03. The summed E-state index contributed by atoms with van der Waals surface area (Å²) < 4.78 is 1.97. The molecule has 0 aliphatic heterocycles. The molecule has 1 N–H and O–H groups in total. The minimum Gasteiger partial charge on any atom is -0.340 e. The minimum absolute atomic E-state index is 0.721. The van der Waals surface area contributed by atoms with E-state index < -0.39 is 0 Å². The highest BCUT2D eigenvalue weighted by molar-refractivity contribution is 6.30. The van der Waals surface area contributed by atoms with Crippen LogP contribution in [0.2, 0.25) is 5.02 Å². The van der Waals surface area contributed by atoms with Crippen LogP contribution in [0.5, 0.6) is 0 Å². The van der Waals surface area contributed by atoms with E-state index in [0.29, 0.717) is 0 Å². The second-order valence-corrected chi connectivity index (χ2v) is 4.47. The first kappa shape index (κ1) is 11.0. The summed E-state index contributed by atoms with van der Waals surface area (Å²) in [6.45, 7) is 1.95. The first-order valence-corrected chi connectivity index (χ1v) is 5.92. The summed E-state index contributed by atoms with van der Waals surface area (Å²) in [5, 5.41) is 4.02. The van der Waals surface area contributed by atoms with Gasteiger partial charge in [-0.3, -0.25) is 9.38 Å². The van der Waals surface area contributed by atoms with Crippen molar-refractivity contribution in [3.05, 3.63) is 53.6 Å². The lowest BCUT2D eigenvalue weighted by molar-refractivity contribution is 1.07. The number of nitrogens with zero attached hydrogens (tertiary/aromatic N) is 3. The summed E-state index contributed by atoms with van der Waals surface area (Å²) in [7, 11) is 0. The molecule has 0 saturated carbocycles. The van der Waals surface area contributed by atoms with Crippen LogP contribution >= 0.6 is 11.6 Å². The molecule has 1 aromatic carbocycles. The van der Waals surface area contributed by atoms with Crippen LogP contribution in [0.4, 0.5) is 11.5 Å². The van der Waals surface area contributed by atoms with Gasteiger partial charge in [0.1, 0.15) is 5.82 Å². The zero-order chi connectivity index (χ0) is 12.5. The largest absolute Gasteiger partial charge is 0.340 e. The molecule has 0 unspecified atom stereocenters. The molecule has 3 aromatic rings. The molecule has 2 heterocycles. The molecule has 0 amide bonds. The summed E-state index contributed by atoms with van der Waals surface area (Å²) in [5.41, 5.74) is 2.73. The molecular weight excluding hydrogens is 248 g/mol. The Bertz CT molecular complexity index is 688. The lowest BCUT2D eigenvalue weighted by Crippen LogP contribution is -1.96. The molecule has 5 heteroatoms. The van der Waals surface area contributed by atoms with Gasteiger partial charge in [-0.05, 0) is 31.2 Å². The van der Waals surface area contributed by atoms with E-state index in [1.807, 2.05) is 41.8 Å². The molecule has 0 aliphatic rings. The van der Waals surface area contributed by atoms with E-state index in [-0.39, 0.29) is 0 Å². The van der Waals surface area contributed by atoms with Crippen LogP contribution in [0.3, 0.4) is 0 Å². The lowest BCUT2D eigenvalue weighted by Gasteiger charge is -2.06. The molecule has 0 atom stereocenters. The van der Waals surface area contributed by atoms with E-state index in [2.05, 4.69) is 15.3 Å². The van der Waals surface area contributed by atoms with Gasteiger partial charge in [0.25, 0.3) is 0 Å². The molecule has 18 heavy (non-hydrogen) atoms. The first-order chi connectivity index (χ1) is 8.72. The van der Waals surface area contributed by atoms with Gasteiger partial charge in [-0.15, -0.1) is 0 Å². The molecule has 2 aromatic heterocycles. The van der Waals surface area contributed by atoms with Crippen molar-refractivity contribution in [1.29, 1.82) is 0 Å². The van der Waals surface area contributed by atoms with Crippen molar-refractivity contribution in [3.8, 4) is 0 Å². The first-order valence-electron chi connectivity index (χ1n) is 5.55. The Morgan fingerprint density at radius 2 is 1.89 bits per heavy atom. The van der Waals surface area contributed by atoms with Crippen molar-refractivity contribution in [2.24, 2.45) is 0 Å². The van der Waals surface area contributed by atoms with Crippen LogP contribution in [0.25, 0.3) is 5.65 Å². The van der Waals surface area contributed by atoms with Gasteiger partial charge in [-0.25, -0.2) is 4.98 Å². The summed E-state index contributed by atoms with van der Waals surface area (Å²) in [5.74, 6) is 0.901. The quantitative estimate of drug-likeness (QED) is 0.766. The van der Waals surface area contributed by atoms with Gasteiger partial charge in [0.2, 0.25) is 0 Å². The Hall–Kier alpha value is -2.07. The Kier molecular flexibility index (Phi) is 2.64. The van der Waals surface area contributed by atoms with Crippen LogP contribution in [-0.4, -0.2) is 14.4 Å². The van der Waals surface area contributed by atoms with Crippen molar-refractivity contribution in [2.75, 3.05) is 5.32 Å². The van der Waals surface area contributed by atoms with Crippen LogP contribution in [0.1, 0.15) is 5.69 Å². The number of benzene rings is 1. The van der Waals surface area contributed by atoms with Crippen molar-refractivity contribution < 1.29 is 0 Å². The predicted octanol–water partition coefficient (Wildman–Crippen LogP) is 3.43. The molecule has 4 nitrogen and oxygen atoms in total. The monoisotopic (exact) mass is 258 g/mol. The summed E-state index contributed by atoms with van der Waals surface area (Å²) >= 11 is 5.86. The summed E-state index contributed by atoms with van der Waals surface area (Å²) in [6.07, 6.45) is 5.48. The fraction of sp³-hybridized carbons (Fsp3) is 0.0769. The maximum absolute atomic E-state index is 5.86. The normalized spacial score (nSPS) is 10.8. The number of aryl methyl sites for hydroxylation is 1. The Morgan fingerprint density at radius 1 is 1.11 bits per heavy atom. The second kappa shape index (κ2) is 4.31. The molecule has 0 spiro atoms. The summed E-state index contributed by atoms with van der Waals surface area (Å²) in [4.78, 5) is 8.50. The van der Waals surface area contributed by atoms with Crippen LogP contribution in [0.15, 0.2) is 42.9 Å². The smallest absolute Gasteiger partial charge is 0.156 e. The standard InChI is InChI=1S/C13H11ClN4/c1-9-8-18-12(6-15-9)16-7-13(18)17-11-4-2-10(14)3-5-11/h2-8,17H,1H3. The zero-order valence-corrected chi connectivity index (χ0v) is 10.5. The highest BCUT2D eigenvalue weighted by Crippen LogP contribution is 2.19. The fourth-order valence-electron chi connectivity index (χ4n) is 1.76. The van der Waals surface area contributed by atoms with Gasteiger partial charge in [-0.2, -0.15) is 0 Å². The van der Waals surface area contributed by atoms with E-state index >= 15 is 0 Å². The fourth-order valence-corrected chi connectivity index (χ4v) is 1.89. The topological polar surface area (TPSA) is 42.2 Å². The lowest BCUT2D eigenvalue weighted by atomic mass is 10.3. The number of anilines is 2. The van der Waals surface area contributed by atoms with Crippen LogP contribution in [-0.2, 0) is 0 Å². The maximum atomic E-state index is 5.86. The molecule has 0 bridgehead atoms. The van der Waals surface area contributed by atoms with Crippen molar-refractivity contribution in [3.63, 3.8) is 0 Å². The highest BCUT2D eigenvalue weighted by Gasteiger charge is 2.03. The van der Waals surface area contributed by atoms with Crippen LogP contribution < -0.4 is 5.32 Å². The average molecular weight is 259 g/mol. The number of hydrogen-bond acceptors (Lipinski definition) is 3. The van der Waals surface area contributed by atoms with Gasteiger partial charge < -0.3 is 5.32 Å². The predicted molar refractivity (Wildman–Crippen MR) is 72.5 cm³/mol. The molecule has 0 saturated heterocycles. The molecule has 90 valence electrons. The number of hydrogen-bond donors (Lipinski definition) is 1. The van der Waals surface area contributed by atoms with Gasteiger partial charge in [0.05, 0.1) is 18.1 Å². The van der Waals surface area contributed by atoms with Gasteiger partial charge in [-0.1, -0.05) is 11.6 Å². The van der Waals surface area contributed by atoms with E-state index in [4.69, 9.17) is 11.6 Å². The third kappa shape index (κ3) is 2.02. The Labute approximate surface area is 109 Å².